The molecule has 0 radical (unpaired) electrons. The Hall–Kier alpha value is -2.21. The van der Waals surface area contributed by atoms with E-state index in [0.29, 0.717) is 25.5 Å². The Morgan fingerprint density at radius 1 is 1.32 bits per heavy atom. The van der Waals surface area contributed by atoms with Crippen LogP contribution < -0.4 is 15.5 Å². The van der Waals surface area contributed by atoms with Crippen molar-refractivity contribution < 1.29 is 18.7 Å². The quantitative estimate of drug-likeness (QED) is 0.258. The molecule has 0 aliphatic heterocycles. The Morgan fingerprint density at radius 2 is 2.13 bits per heavy atom. The van der Waals surface area contributed by atoms with Crippen LogP contribution in [0.4, 0.5) is 5.13 Å². The zero-order valence-corrected chi connectivity index (χ0v) is 19.6. The first-order chi connectivity index (χ1) is 14.9. The van der Waals surface area contributed by atoms with Crippen LogP contribution in [-0.4, -0.2) is 22.1 Å². The van der Waals surface area contributed by atoms with E-state index < -0.39 is 11.4 Å². The van der Waals surface area contributed by atoms with Crippen molar-refractivity contribution in [2.75, 3.05) is 5.32 Å². The lowest BCUT2D eigenvalue weighted by molar-refractivity contribution is -0.117. The number of nitrogens with zero attached hydrogens (tertiary/aromatic N) is 2. The van der Waals surface area contributed by atoms with E-state index in [1.54, 1.807) is 12.1 Å². The van der Waals surface area contributed by atoms with Gasteiger partial charge in [0.25, 0.3) is 0 Å². The van der Waals surface area contributed by atoms with E-state index in [1.807, 2.05) is 0 Å². The highest BCUT2D eigenvalue weighted by Gasteiger charge is 2.30. The molecule has 0 unspecified atom stereocenters. The summed E-state index contributed by atoms with van der Waals surface area (Å²) in [6.07, 6.45) is 2.91. The van der Waals surface area contributed by atoms with Gasteiger partial charge in [-0.3, -0.25) is 9.59 Å². The van der Waals surface area contributed by atoms with E-state index in [1.165, 1.54) is 35.2 Å². The fourth-order valence-electron chi connectivity index (χ4n) is 2.40. The molecule has 0 saturated heterocycles. The number of ether oxygens (including phenoxy) is 1. The average molecular weight is 543 g/mol. The van der Waals surface area contributed by atoms with Crippen LogP contribution in [0.3, 0.4) is 0 Å². The van der Waals surface area contributed by atoms with Crippen LogP contribution in [0.2, 0.25) is 5.02 Å². The highest BCUT2D eigenvalue weighted by Crippen LogP contribution is 2.32. The predicted octanol–water partition coefficient (Wildman–Crippen LogP) is 4.77. The largest absolute Gasteiger partial charge is 0.464 e. The average Bonchev–Trinajstić information content (AvgIpc) is 3.50. The first-order valence-electron chi connectivity index (χ1n) is 8.95. The summed E-state index contributed by atoms with van der Waals surface area (Å²) in [6, 6.07) is 5.97. The Morgan fingerprint density at radius 3 is 2.87 bits per heavy atom. The normalized spacial score (nSPS) is 13.1. The van der Waals surface area contributed by atoms with Gasteiger partial charge in [-0.15, -0.1) is 10.2 Å². The number of hydrogen-bond donors (Lipinski definition) is 1. The minimum atomic E-state index is -0.768. The van der Waals surface area contributed by atoms with Crippen LogP contribution in [0.15, 0.2) is 48.6 Å². The first kappa shape index (κ1) is 22.0. The van der Waals surface area contributed by atoms with Gasteiger partial charge < -0.3 is 14.5 Å². The van der Waals surface area contributed by atoms with E-state index in [2.05, 4.69) is 31.4 Å². The third-order valence-electron chi connectivity index (χ3n) is 4.13. The monoisotopic (exact) mass is 541 g/mol. The van der Waals surface area contributed by atoms with Gasteiger partial charge >= 0.3 is 5.97 Å². The molecule has 0 bridgehead atoms. The molecule has 0 spiro atoms. The van der Waals surface area contributed by atoms with E-state index in [9.17, 15) is 14.4 Å². The number of hydrogen-bond acceptors (Lipinski definition) is 9. The number of carbonyl (C=O) groups excluding carboxylic acids is 2. The molecule has 1 aliphatic carbocycles. The lowest BCUT2D eigenvalue weighted by Crippen LogP contribution is -2.15. The maximum Gasteiger partial charge on any atom is 0.345 e. The van der Waals surface area contributed by atoms with Crippen molar-refractivity contribution in [1.82, 2.24) is 10.2 Å². The number of thioether (sulfide) groups is 1. The zero-order valence-electron chi connectivity index (χ0n) is 15.6. The summed E-state index contributed by atoms with van der Waals surface area (Å²) in [5, 5.41) is 11.3. The van der Waals surface area contributed by atoms with Crippen molar-refractivity contribution >= 4 is 67.6 Å². The van der Waals surface area contributed by atoms with Gasteiger partial charge in [-0.25, -0.2) is 4.79 Å². The fourth-order valence-corrected chi connectivity index (χ4v) is 4.60. The van der Waals surface area contributed by atoms with Gasteiger partial charge in [0.1, 0.15) is 12.0 Å². The summed E-state index contributed by atoms with van der Waals surface area (Å²) in [7, 11) is 0. The molecule has 1 saturated carbocycles. The molecule has 0 atom stereocenters. The Bertz CT molecular complexity index is 1210. The number of esters is 1. The van der Waals surface area contributed by atoms with Gasteiger partial charge in [-0.1, -0.05) is 50.6 Å². The van der Waals surface area contributed by atoms with Crippen molar-refractivity contribution in [2.24, 2.45) is 5.92 Å². The van der Waals surface area contributed by atoms with Crippen molar-refractivity contribution in [2.45, 2.75) is 22.9 Å². The molecule has 2 aromatic heterocycles. The predicted molar refractivity (Wildman–Crippen MR) is 120 cm³/mol. The maximum absolute atomic E-state index is 12.3. The van der Waals surface area contributed by atoms with Crippen molar-refractivity contribution in [1.29, 1.82) is 0 Å². The van der Waals surface area contributed by atoms with Gasteiger partial charge in [0.05, 0.1) is 16.3 Å². The Balaban J connectivity index is 1.36. The number of carbonyl (C=O) groups is 2. The summed E-state index contributed by atoms with van der Waals surface area (Å²) < 4.78 is 11.8. The van der Waals surface area contributed by atoms with Crippen LogP contribution in [0.25, 0.3) is 0 Å². The second-order valence-electron chi connectivity index (χ2n) is 6.51. The number of nitrogens with one attached hydrogen (secondary N) is 1. The molecule has 1 amide bonds. The van der Waals surface area contributed by atoms with Crippen LogP contribution in [0.1, 0.15) is 29.0 Å². The van der Waals surface area contributed by atoms with Crippen molar-refractivity contribution in [3.05, 3.63) is 61.6 Å². The van der Waals surface area contributed by atoms with Gasteiger partial charge in [0.15, 0.2) is 4.34 Å². The summed E-state index contributed by atoms with van der Waals surface area (Å²) >= 11 is 11.8. The molecule has 1 aliphatic rings. The lowest BCUT2D eigenvalue weighted by atomic mass is 10.2. The third-order valence-corrected chi connectivity index (χ3v) is 6.94. The number of amides is 1. The molecule has 3 aromatic rings. The second-order valence-corrected chi connectivity index (χ2v) is 10.0. The SMILES string of the molecule is O=C(Oc1coc(CSc2nnc(NC(=O)C3CC3)s2)cc1=O)c1cc(Br)ccc1Cl. The summed E-state index contributed by atoms with van der Waals surface area (Å²) in [6.45, 7) is 0. The van der Waals surface area contributed by atoms with E-state index >= 15 is 0 Å². The van der Waals surface area contributed by atoms with Gasteiger partial charge in [-0.05, 0) is 31.0 Å². The number of halogens is 2. The van der Waals surface area contributed by atoms with E-state index in [4.69, 9.17) is 20.8 Å². The van der Waals surface area contributed by atoms with Crippen LogP contribution in [-0.2, 0) is 10.5 Å². The Kier molecular flexibility index (Phi) is 6.75. The van der Waals surface area contributed by atoms with Crippen molar-refractivity contribution in [3.8, 4) is 5.75 Å². The molecule has 160 valence electrons. The second kappa shape index (κ2) is 9.51. The Labute approximate surface area is 197 Å². The lowest BCUT2D eigenvalue weighted by Gasteiger charge is -2.06. The first-order valence-corrected chi connectivity index (χ1v) is 11.9. The third kappa shape index (κ3) is 5.73. The topological polar surface area (TPSA) is 111 Å². The van der Waals surface area contributed by atoms with E-state index in [0.717, 1.165) is 19.1 Å². The standard InChI is InChI=1S/C19H13BrClN3O5S2/c20-10-3-4-13(21)12(5-10)17(27)29-15-7-28-11(6-14(15)25)8-30-19-24-23-18(31-19)22-16(26)9-1-2-9/h3-7,9H,1-2,8H2,(H,22,23,26). The number of anilines is 1. The van der Waals surface area contributed by atoms with Crippen LogP contribution in [0.5, 0.6) is 5.75 Å². The number of benzene rings is 1. The summed E-state index contributed by atoms with van der Waals surface area (Å²) in [5.74, 6) is -0.277. The molecule has 4 rings (SSSR count). The zero-order chi connectivity index (χ0) is 22.0. The maximum atomic E-state index is 12.3. The highest BCUT2D eigenvalue weighted by atomic mass is 79.9. The fraction of sp³-hybridized carbons (Fsp3) is 0.211. The van der Waals surface area contributed by atoms with Crippen LogP contribution in [0, 0.1) is 5.92 Å². The molecule has 1 aromatic carbocycles. The van der Waals surface area contributed by atoms with Gasteiger partial charge in [0.2, 0.25) is 22.2 Å². The van der Waals surface area contributed by atoms with Crippen LogP contribution >= 0.6 is 50.6 Å². The minimum absolute atomic E-state index is 0.0343. The van der Waals surface area contributed by atoms with Gasteiger partial charge in [0, 0.05) is 16.5 Å². The molecule has 2 heterocycles. The molecule has 31 heavy (non-hydrogen) atoms. The van der Waals surface area contributed by atoms with Crippen molar-refractivity contribution in [3.63, 3.8) is 0 Å². The number of rotatable bonds is 7. The minimum Gasteiger partial charge on any atom is -0.464 e. The molecular weight excluding hydrogens is 530 g/mol. The molecular formula is C19H13BrClN3O5S2. The van der Waals surface area contributed by atoms with E-state index in [-0.39, 0.29) is 28.2 Å². The number of aromatic nitrogens is 2. The molecule has 8 nitrogen and oxygen atoms in total. The molecule has 1 N–H and O–H groups in total. The van der Waals surface area contributed by atoms with Gasteiger partial charge in [-0.2, -0.15) is 0 Å². The smallest absolute Gasteiger partial charge is 0.345 e. The summed E-state index contributed by atoms with van der Waals surface area (Å²) in [4.78, 5) is 36.4. The highest BCUT2D eigenvalue weighted by molar-refractivity contribution is 9.10. The molecule has 1 fully saturated rings. The summed E-state index contributed by atoms with van der Waals surface area (Å²) in [5.41, 5.74) is -0.383. The molecule has 12 heteroatoms.